The van der Waals surface area contributed by atoms with Gasteiger partial charge in [0.25, 0.3) is 0 Å². The Bertz CT molecular complexity index is 744. The fraction of sp³-hybridized carbons (Fsp3) is 0.591. The fourth-order valence-electron chi connectivity index (χ4n) is 3.55. The van der Waals surface area contributed by atoms with E-state index in [4.69, 9.17) is 4.74 Å². The molecule has 1 saturated heterocycles. The molecule has 1 aliphatic heterocycles. The number of aliphatic hydroxyl groups excluding tert-OH is 1. The molecular weight excluding hydrogens is 418 g/mol. The van der Waals surface area contributed by atoms with E-state index in [9.17, 15) is 19.5 Å². The van der Waals surface area contributed by atoms with E-state index < -0.39 is 35.6 Å². The van der Waals surface area contributed by atoms with Gasteiger partial charge < -0.3 is 25.8 Å². The first kappa shape index (κ1) is 25.0. The third-order valence-corrected chi connectivity index (χ3v) is 5.62. The monoisotopic (exact) mass is 451 g/mol. The molecular formula is C22H33N3O5S. The Balaban J connectivity index is 1.99. The van der Waals surface area contributed by atoms with Gasteiger partial charge >= 0.3 is 6.09 Å². The first-order valence-electron chi connectivity index (χ1n) is 10.6. The number of hydrogen-bond donors (Lipinski definition) is 5. The van der Waals surface area contributed by atoms with E-state index in [1.807, 2.05) is 44.2 Å². The molecule has 3 amide bonds. The van der Waals surface area contributed by atoms with Crippen molar-refractivity contribution >= 4 is 30.5 Å². The lowest BCUT2D eigenvalue weighted by molar-refractivity contribution is -0.126. The van der Waals surface area contributed by atoms with Crippen molar-refractivity contribution in [3.05, 3.63) is 35.9 Å². The van der Waals surface area contributed by atoms with E-state index >= 15 is 0 Å². The van der Waals surface area contributed by atoms with Crippen LogP contribution in [0.1, 0.15) is 51.7 Å². The van der Waals surface area contributed by atoms with Gasteiger partial charge in [0.1, 0.15) is 17.6 Å². The highest BCUT2D eigenvalue weighted by Gasteiger charge is 2.32. The molecule has 5 atom stereocenters. The molecule has 0 radical (unpaired) electrons. The summed E-state index contributed by atoms with van der Waals surface area (Å²) in [5.74, 6) is -0.707. The Hall–Kier alpha value is -2.26. The van der Waals surface area contributed by atoms with E-state index in [2.05, 4.69) is 28.6 Å². The number of nitrogens with one attached hydrogen (secondary N) is 3. The number of hydrogen-bond acceptors (Lipinski definition) is 6. The minimum absolute atomic E-state index is 0.0939. The summed E-state index contributed by atoms with van der Waals surface area (Å²) in [6.45, 7) is 6.21. The van der Waals surface area contributed by atoms with Crippen LogP contribution in [-0.2, 0) is 14.3 Å². The van der Waals surface area contributed by atoms with Crippen molar-refractivity contribution in [1.29, 1.82) is 0 Å². The predicted molar refractivity (Wildman–Crippen MR) is 120 cm³/mol. The van der Waals surface area contributed by atoms with Crippen LogP contribution in [0.15, 0.2) is 30.3 Å². The quantitative estimate of drug-likeness (QED) is 0.276. The molecule has 4 N–H and O–H groups in total. The van der Waals surface area contributed by atoms with E-state index in [0.29, 0.717) is 19.4 Å². The molecule has 0 spiro atoms. The maximum Gasteiger partial charge on any atom is 0.408 e. The smallest absolute Gasteiger partial charge is 0.408 e. The van der Waals surface area contributed by atoms with Crippen LogP contribution in [0.5, 0.6) is 0 Å². The van der Waals surface area contributed by atoms with Gasteiger partial charge in [0, 0.05) is 12.5 Å². The van der Waals surface area contributed by atoms with Crippen LogP contribution in [0.2, 0.25) is 0 Å². The Kier molecular flexibility index (Phi) is 9.64. The Morgan fingerprint density at radius 2 is 1.90 bits per heavy atom. The van der Waals surface area contributed by atoms with Gasteiger partial charge in [-0.3, -0.25) is 9.59 Å². The van der Waals surface area contributed by atoms with Gasteiger partial charge in [0.2, 0.25) is 11.8 Å². The third-order valence-electron chi connectivity index (χ3n) is 5.26. The normalized spacial score (nSPS) is 19.8. The molecule has 31 heavy (non-hydrogen) atoms. The second-order valence-electron chi connectivity index (χ2n) is 8.33. The molecule has 0 aliphatic carbocycles. The van der Waals surface area contributed by atoms with Crippen molar-refractivity contribution in [3.63, 3.8) is 0 Å². The summed E-state index contributed by atoms with van der Waals surface area (Å²) in [7, 11) is 0. The summed E-state index contributed by atoms with van der Waals surface area (Å²) >= 11 is 4.06. The molecule has 1 aromatic carbocycles. The molecule has 0 unspecified atom stereocenters. The second kappa shape index (κ2) is 12.0. The third kappa shape index (κ3) is 8.06. The number of carbonyl (C=O) groups excluding carboxylic acids is 3. The largest absolute Gasteiger partial charge is 0.442 e. The standard InChI is InChI=1S/C22H33N3O5S/c1-13(2)11-17(25-22(29)30-14(3)15-7-5-4-6-8-15)20(27)24-18(21(28)31)12-16-9-10-23-19(16)26/h4-8,13-14,16-18,21,28,31H,9-12H2,1-3H3,(H,23,26)(H,24,27)(H,25,29)/t14-,16-,17-,18-,21-/m0/s1. The number of amides is 3. The first-order chi connectivity index (χ1) is 14.7. The maximum absolute atomic E-state index is 12.9. The molecule has 172 valence electrons. The molecule has 0 saturated carbocycles. The lowest BCUT2D eigenvalue weighted by Gasteiger charge is -2.27. The fourth-order valence-corrected chi connectivity index (χ4v) is 3.74. The van der Waals surface area contributed by atoms with E-state index in [-0.39, 0.29) is 24.2 Å². The lowest BCUT2D eigenvalue weighted by atomic mass is 9.97. The van der Waals surface area contributed by atoms with Gasteiger partial charge in [-0.25, -0.2) is 4.79 Å². The van der Waals surface area contributed by atoms with Crippen LogP contribution in [0.3, 0.4) is 0 Å². The number of carbonyl (C=O) groups is 3. The van der Waals surface area contributed by atoms with E-state index in [1.165, 1.54) is 0 Å². The minimum Gasteiger partial charge on any atom is -0.442 e. The summed E-state index contributed by atoms with van der Waals surface area (Å²) in [6, 6.07) is 7.73. The highest BCUT2D eigenvalue weighted by Crippen LogP contribution is 2.20. The van der Waals surface area contributed by atoms with Gasteiger partial charge in [-0.15, -0.1) is 12.6 Å². The van der Waals surface area contributed by atoms with Gasteiger partial charge in [-0.2, -0.15) is 0 Å². The summed E-state index contributed by atoms with van der Waals surface area (Å²) in [5.41, 5.74) is -0.294. The number of alkyl carbamates (subject to hydrolysis) is 1. The van der Waals surface area contributed by atoms with E-state index in [0.717, 1.165) is 5.56 Å². The zero-order valence-electron chi connectivity index (χ0n) is 18.2. The van der Waals surface area contributed by atoms with Crippen LogP contribution in [-0.4, -0.2) is 47.1 Å². The summed E-state index contributed by atoms with van der Waals surface area (Å²) in [5, 5.41) is 18.1. The maximum atomic E-state index is 12.9. The summed E-state index contributed by atoms with van der Waals surface area (Å²) in [6.07, 6.45) is 0.127. The molecule has 8 nitrogen and oxygen atoms in total. The Labute approximate surface area is 188 Å². The highest BCUT2D eigenvalue weighted by atomic mass is 32.1. The van der Waals surface area contributed by atoms with Crippen molar-refractivity contribution in [1.82, 2.24) is 16.0 Å². The topological polar surface area (TPSA) is 117 Å². The predicted octanol–water partition coefficient (Wildman–Crippen LogP) is 2.15. The van der Waals surface area contributed by atoms with Crippen molar-refractivity contribution in [2.24, 2.45) is 11.8 Å². The summed E-state index contributed by atoms with van der Waals surface area (Å²) < 4.78 is 5.43. The number of ether oxygens (including phenoxy) is 1. The molecule has 1 fully saturated rings. The van der Waals surface area contributed by atoms with Gasteiger partial charge in [0.15, 0.2) is 0 Å². The zero-order chi connectivity index (χ0) is 23.0. The van der Waals surface area contributed by atoms with Crippen molar-refractivity contribution in [2.45, 2.75) is 63.7 Å². The van der Waals surface area contributed by atoms with Crippen LogP contribution in [0.4, 0.5) is 4.79 Å². The second-order valence-corrected chi connectivity index (χ2v) is 8.85. The van der Waals surface area contributed by atoms with Crippen molar-refractivity contribution < 1.29 is 24.2 Å². The molecule has 0 bridgehead atoms. The lowest BCUT2D eigenvalue weighted by Crippen LogP contribution is -2.53. The van der Waals surface area contributed by atoms with E-state index in [1.54, 1.807) is 6.92 Å². The summed E-state index contributed by atoms with van der Waals surface area (Å²) in [4.78, 5) is 37.2. The zero-order valence-corrected chi connectivity index (χ0v) is 19.1. The average Bonchev–Trinajstić information content (AvgIpc) is 3.11. The van der Waals surface area contributed by atoms with Gasteiger partial charge in [-0.1, -0.05) is 44.2 Å². The minimum atomic E-state index is -1.14. The molecule has 9 heteroatoms. The molecule has 1 heterocycles. The number of thiol groups is 1. The Morgan fingerprint density at radius 3 is 2.45 bits per heavy atom. The first-order valence-corrected chi connectivity index (χ1v) is 11.1. The molecule has 2 rings (SSSR count). The molecule has 1 aliphatic rings. The van der Waals surface area contributed by atoms with Crippen LogP contribution < -0.4 is 16.0 Å². The molecule has 1 aromatic rings. The SMILES string of the molecule is CC(C)C[C@H](NC(=O)O[C@@H](C)c1ccccc1)C(=O)N[C@@H](C[C@@H]1CCNC1=O)[C@@H](O)S. The van der Waals surface area contributed by atoms with Crippen LogP contribution in [0, 0.1) is 11.8 Å². The number of rotatable bonds is 10. The molecule has 0 aromatic heterocycles. The number of benzene rings is 1. The number of aliphatic hydroxyl groups is 1. The highest BCUT2D eigenvalue weighted by molar-refractivity contribution is 7.80. The average molecular weight is 452 g/mol. The van der Waals surface area contributed by atoms with Crippen LogP contribution >= 0.6 is 12.6 Å². The van der Waals surface area contributed by atoms with Crippen LogP contribution in [0.25, 0.3) is 0 Å². The van der Waals surface area contributed by atoms with Crippen molar-refractivity contribution in [2.75, 3.05) is 6.54 Å². The van der Waals surface area contributed by atoms with Gasteiger partial charge in [0.05, 0.1) is 6.04 Å². The van der Waals surface area contributed by atoms with Gasteiger partial charge in [-0.05, 0) is 37.7 Å². The Morgan fingerprint density at radius 1 is 1.23 bits per heavy atom. The van der Waals surface area contributed by atoms with Crippen molar-refractivity contribution in [3.8, 4) is 0 Å².